The van der Waals surface area contributed by atoms with Crippen LogP contribution >= 0.6 is 22.7 Å². The molecule has 3 heterocycles. The van der Waals surface area contributed by atoms with Gasteiger partial charge in [0.2, 0.25) is 0 Å². The molecule has 1 unspecified atom stereocenters. The first-order chi connectivity index (χ1) is 13.7. The van der Waals surface area contributed by atoms with Crippen LogP contribution in [0.5, 0.6) is 0 Å². The molecule has 1 aliphatic rings. The van der Waals surface area contributed by atoms with Crippen molar-refractivity contribution in [3.05, 3.63) is 63.3 Å². The number of morpholine rings is 1. The molecule has 0 saturated carbocycles. The number of rotatable bonds is 6. The fourth-order valence-electron chi connectivity index (χ4n) is 3.29. The van der Waals surface area contributed by atoms with Crippen molar-refractivity contribution < 1.29 is 9.53 Å². The summed E-state index contributed by atoms with van der Waals surface area (Å²) in [5.74, 6) is -0.0692. The number of ether oxygens (including phenoxy) is 1. The lowest BCUT2D eigenvalue weighted by Crippen LogP contribution is -2.47. The Labute approximate surface area is 173 Å². The van der Waals surface area contributed by atoms with E-state index >= 15 is 0 Å². The van der Waals surface area contributed by atoms with Gasteiger partial charge in [0.1, 0.15) is 9.88 Å². The average molecular weight is 414 g/mol. The predicted molar refractivity (Wildman–Crippen MR) is 114 cm³/mol. The summed E-state index contributed by atoms with van der Waals surface area (Å²) in [5, 5.41) is 8.00. The van der Waals surface area contributed by atoms with Crippen molar-refractivity contribution in [1.29, 1.82) is 0 Å². The van der Waals surface area contributed by atoms with E-state index < -0.39 is 0 Å². The van der Waals surface area contributed by atoms with Gasteiger partial charge < -0.3 is 10.1 Å². The molecule has 1 fully saturated rings. The molecule has 0 radical (unpaired) electrons. The van der Waals surface area contributed by atoms with Crippen molar-refractivity contribution in [2.45, 2.75) is 19.6 Å². The predicted octanol–water partition coefficient (Wildman–Crippen LogP) is 3.81. The first-order valence-corrected chi connectivity index (χ1v) is 11.1. The SMILES string of the molecule is Cc1nc(-c2ccsc2)sc1C(=O)NCC1CN(Cc2ccccc2)CCO1. The summed E-state index contributed by atoms with van der Waals surface area (Å²) in [7, 11) is 0. The van der Waals surface area contributed by atoms with E-state index in [9.17, 15) is 4.79 Å². The molecule has 2 aromatic heterocycles. The van der Waals surface area contributed by atoms with Crippen LogP contribution in [-0.2, 0) is 11.3 Å². The number of hydrogen-bond acceptors (Lipinski definition) is 6. The van der Waals surface area contributed by atoms with Crippen LogP contribution in [0.25, 0.3) is 10.6 Å². The molecule has 1 aliphatic heterocycles. The second kappa shape index (κ2) is 8.96. The molecule has 5 nitrogen and oxygen atoms in total. The van der Waals surface area contributed by atoms with Crippen molar-refractivity contribution in [2.75, 3.05) is 26.2 Å². The zero-order chi connectivity index (χ0) is 19.3. The molecule has 4 rings (SSSR count). The second-order valence-corrected chi connectivity index (χ2v) is 8.65. The van der Waals surface area contributed by atoms with E-state index in [2.05, 4.69) is 44.8 Å². The number of aryl methyl sites for hydroxylation is 1. The molecule has 0 aliphatic carbocycles. The molecule has 146 valence electrons. The summed E-state index contributed by atoms with van der Waals surface area (Å²) < 4.78 is 5.86. The molecule has 0 bridgehead atoms. The minimum absolute atomic E-state index is 0.00554. The second-order valence-electron chi connectivity index (χ2n) is 6.87. The van der Waals surface area contributed by atoms with Gasteiger partial charge in [0.25, 0.3) is 5.91 Å². The molecule has 28 heavy (non-hydrogen) atoms. The minimum Gasteiger partial charge on any atom is -0.374 e. The number of aromatic nitrogens is 1. The highest BCUT2D eigenvalue weighted by Crippen LogP contribution is 2.29. The van der Waals surface area contributed by atoms with Gasteiger partial charge in [0.05, 0.1) is 18.4 Å². The maximum atomic E-state index is 12.7. The summed E-state index contributed by atoms with van der Waals surface area (Å²) in [4.78, 5) is 20.3. The van der Waals surface area contributed by atoms with Crippen LogP contribution in [0.15, 0.2) is 47.2 Å². The van der Waals surface area contributed by atoms with Crippen molar-refractivity contribution in [3.8, 4) is 10.6 Å². The fraction of sp³-hybridized carbons (Fsp3) is 0.333. The Morgan fingerprint density at radius 1 is 1.32 bits per heavy atom. The van der Waals surface area contributed by atoms with Gasteiger partial charge in [-0.15, -0.1) is 11.3 Å². The van der Waals surface area contributed by atoms with E-state index in [1.165, 1.54) is 16.9 Å². The number of nitrogens with one attached hydrogen (secondary N) is 1. The Kier molecular flexibility index (Phi) is 6.17. The molecule has 0 spiro atoms. The summed E-state index contributed by atoms with van der Waals surface area (Å²) >= 11 is 3.08. The van der Waals surface area contributed by atoms with E-state index in [-0.39, 0.29) is 12.0 Å². The number of thiazole rings is 1. The lowest BCUT2D eigenvalue weighted by Gasteiger charge is -2.33. The Balaban J connectivity index is 1.32. The number of hydrogen-bond donors (Lipinski definition) is 1. The molecule has 3 aromatic rings. The van der Waals surface area contributed by atoms with Gasteiger partial charge in [-0.25, -0.2) is 4.98 Å². The Morgan fingerprint density at radius 3 is 2.96 bits per heavy atom. The summed E-state index contributed by atoms with van der Waals surface area (Å²) in [6.07, 6.45) is 0.00554. The van der Waals surface area contributed by atoms with Crippen LogP contribution in [-0.4, -0.2) is 48.1 Å². The van der Waals surface area contributed by atoms with Gasteiger partial charge in [-0.1, -0.05) is 30.3 Å². The van der Waals surface area contributed by atoms with Crippen molar-refractivity contribution >= 4 is 28.6 Å². The largest absolute Gasteiger partial charge is 0.374 e. The number of nitrogens with zero attached hydrogens (tertiary/aromatic N) is 2. The summed E-state index contributed by atoms with van der Waals surface area (Å²) in [5.41, 5.74) is 3.15. The molecular formula is C21H23N3O2S2. The Hall–Kier alpha value is -2.06. The number of carbonyl (C=O) groups is 1. The zero-order valence-corrected chi connectivity index (χ0v) is 17.4. The highest BCUT2D eigenvalue weighted by Gasteiger charge is 2.22. The minimum atomic E-state index is -0.0692. The molecule has 1 N–H and O–H groups in total. The van der Waals surface area contributed by atoms with Gasteiger partial charge in [0.15, 0.2) is 0 Å². The molecule has 1 saturated heterocycles. The number of thiophene rings is 1. The van der Waals surface area contributed by atoms with E-state index in [1.807, 2.05) is 24.4 Å². The van der Waals surface area contributed by atoms with E-state index in [4.69, 9.17) is 4.74 Å². The van der Waals surface area contributed by atoms with Crippen LogP contribution in [0.1, 0.15) is 20.9 Å². The lowest BCUT2D eigenvalue weighted by atomic mass is 10.2. The van der Waals surface area contributed by atoms with Gasteiger partial charge in [-0.05, 0) is 23.9 Å². The van der Waals surface area contributed by atoms with Crippen LogP contribution in [0.2, 0.25) is 0 Å². The summed E-state index contributed by atoms with van der Waals surface area (Å²) in [6, 6.07) is 12.5. The highest BCUT2D eigenvalue weighted by molar-refractivity contribution is 7.17. The number of carbonyl (C=O) groups excluding carboxylic acids is 1. The third-order valence-electron chi connectivity index (χ3n) is 4.73. The normalized spacial score (nSPS) is 17.5. The van der Waals surface area contributed by atoms with E-state index in [0.29, 0.717) is 18.0 Å². The van der Waals surface area contributed by atoms with Crippen molar-refractivity contribution in [2.24, 2.45) is 0 Å². The van der Waals surface area contributed by atoms with Gasteiger partial charge in [0, 0.05) is 37.1 Å². The first-order valence-electron chi connectivity index (χ1n) is 9.35. The first kappa shape index (κ1) is 19.3. The van der Waals surface area contributed by atoms with Crippen molar-refractivity contribution in [1.82, 2.24) is 15.2 Å². The lowest BCUT2D eigenvalue weighted by molar-refractivity contribution is -0.0292. The summed E-state index contributed by atoms with van der Waals surface area (Å²) in [6.45, 7) is 5.73. The van der Waals surface area contributed by atoms with Crippen LogP contribution < -0.4 is 5.32 Å². The highest BCUT2D eigenvalue weighted by atomic mass is 32.1. The van der Waals surface area contributed by atoms with Gasteiger partial charge in [-0.3, -0.25) is 9.69 Å². The maximum Gasteiger partial charge on any atom is 0.263 e. The molecule has 1 amide bonds. The Bertz CT molecular complexity index is 909. The molecule has 1 atom stereocenters. The van der Waals surface area contributed by atoms with Crippen molar-refractivity contribution in [3.63, 3.8) is 0 Å². The van der Waals surface area contributed by atoms with Gasteiger partial charge in [-0.2, -0.15) is 11.3 Å². The Morgan fingerprint density at radius 2 is 2.18 bits per heavy atom. The van der Waals surface area contributed by atoms with Crippen LogP contribution in [0.4, 0.5) is 0 Å². The number of benzene rings is 1. The molecular weight excluding hydrogens is 390 g/mol. The third-order valence-corrected chi connectivity index (χ3v) is 6.62. The maximum absolute atomic E-state index is 12.7. The number of amides is 1. The van der Waals surface area contributed by atoms with E-state index in [0.717, 1.165) is 35.9 Å². The smallest absolute Gasteiger partial charge is 0.263 e. The monoisotopic (exact) mass is 413 g/mol. The topological polar surface area (TPSA) is 54.5 Å². The molecule has 7 heteroatoms. The molecule has 1 aromatic carbocycles. The quantitative estimate of drug-likeness (QED) is 0.668. The average Bonchev–Trinajstić information content (AvgIpc) is 3.37. The van der Waals surface area contributed by atoms with E-state index in [1.54, 1.807) is 11.3 Å². The zero-order valence-electron chi connectivity index (χ0n) is 15.8. The fourth-order valence-corrected chi connectivity index (χ4v) is 4.99. The third kappa shape index (κ3) is 4.67. The van der Waals surface area contributed by atoms with Gasteiger partial charge >= 0.3 is 0 Å². The van der Waals surface area contributed by atoms with Crippen LogP contribution in [0.3, 0.4) is 0 Å². The van der Waals surface area contributed by atoms with Crippen LogP contribution in [0, 0.1) is 6.92 Å². The standard InChI is InChI=1S/C21H23N3O2S2/c1-15-19(28-21(23-15)17-7-10-27-14-17)20(25)22-11-18-13-24(8-9-26-18)12-16-5-3-2-4-6-16/h2-7,10,14,18H,8-9,11-13H2,1H3,(H,22,25).